The van der Waals surface area contributed by atoms with Crippen LogP contribution >= 0.6 is 0 Å². The Morgan fingerprint density at radius 2 is 1.95 bits per heavy atom. The van der Waals surface area contributed by atoms with E-state index >= 15 is 0 Å². The molecule has 1 N–H and O–H groups in total. The summed E-state index contributed by atoms with van der Waals surface area (Å²) in [4.78, 5) is 9.24. The lowest BCUT2D eigenvalue weighted by atomic mass is 10.1. The molecule has 0 aliphatic carbocycles. The standard InChI is InChI=1S/C16H30N4/c1-6-15(17-3)16-10-9-14(13-18-16)20(7-2)12-8-11-19(4)5/h9-10,13,15,17H,6-8,11-12H2,1-5H3. The summed E-state index contributed by atoms with van der Waals surface area (Å²) < 4.78 is 0. The van der Waals surface area contributed by atoms with Crippen LogP contribution in [-0.2, 0) is 0 Å². The number of pyridine rings is 1. The minimum atomic E-state index is 0.355. The van der Waals surface area contributed by atoms with Crippen LogP contribution in [0.1, 0.15) is 38.4 Å². The summed E-state index contributed by atoms with van der Waals surface area (Å²) >= 11 is 0. The highest BCUT2D eigenvalue weighted by molar-refractivity contribution is 5.44. The molecule has 0 aliphatic heterocycles. The lowest BCUT2D eigenvalue weighted by molar-refractivity contribution is 0.400. The van der Waals surface area contributed by atoms with Crippen LogP contribution in [0, 0.1) is 0 Å². The molecule has 0 bridgehead atoms. The van der Waals surface area contributed by atoms with Gasteiger partial charge in [0.2, 0.25) is 0 Å². The van der Waals surface area contributed by atoms with Crippen LogP contribution in [0.5, 0.6) is 0 Å². The highest BCUT2D eigenvalue weighted by Gasteiger charge is 2.09. The Kier molecular flexibility index (Phi) is 7.55. The molecule has 4 nitrogen and oxygen atoms in total. The van der Waals surface area contributed by atoms with Crippen molar-refractivity contribution in [3.8, 4) is 0 Å². The summed E-state index contributed by atoms with van der Waals surface area (Å²) in [6.45, 7) is 7.61. The highest BCUT2D eigenvalue weighted by atomic mass is 15.1. The second-order valence-electron chi connectivity index (χ2n) is 5.43. The van der Waals surface area contributed by atoms with Crippen molar-refractivity contribution in [3.63, 3.8) is 0 Å². The topological polar surface area (TPSA) is 31.4 Å². The average Bonchev–Trinajstić information content (AvgIpc) is 2.45. The van der Waals surface area contributed by atoms with E-state index in [0.29, 0.717) is 6.04 Å². The third kappa shape index (κ3) is 5.10. The van der Waals surface area contributed by atoms with Gasteiger partial charge in [0, 0.05) is 19.1 Å². The van der Waals surface area contributed by atoms with Gasteiger partial charge in [-0.25, -0.2) is 0 Å². The molecule has 0 amide bonds. The maximum absolute atomic E-state index is 4.62. The van der Waals surface area contributed by atoms with Crippen LogP contribution in [0.4, 0.5) is 5.69 Å². The summed E-state index contributed by atoms with van der Waals surface area (Å²) in [5.74, 6) is 0. The maximum atomic E-state index is 4.62. The highest BCUT2D eigenvalue weighted by Crippen LogP contribution is 2.18. The van der Waals surface area contributed by atoms with Crippen LogP contribution in [0.15, 0.2) is 18.3 Å². The molecule has 20 heavy (non-hydrogen) atoms. The zero-order valence-electron chi connectivity index (χ0n) is 13.7. The summed E-state index contributed by atoms with van der Waals surface area (Å²) in [5.41, 5.74) is 2.35. The van der Waals surface area contributed by atoms with E-state index in [-0.39, 0.29) is 0 Å². The number of nitrogens with one attached hydrogen (secondary N) is 1. The van der Waals surface area contributed by atoms with Gasteiger partial charge in [-0.15, -0.1) is 0 Å². The second-order valence-corrected chi connectivity index (χ2v) is 5.43. The van der Waals surface area contributed by atoms with E-state index in [1.165, 1.54) is 12.1 Å². The van der Waals surface area contributed by atoms with Crippen molar-refractivity contribution in [1.29, 1.82) is 0 Å². The molecule has 0 fully saturated rings. The number of hydrogen-bond acceptors (Lipinski definition) is 4. The van der Waals surface area contributed by atoms with Gasteiger partial charge in [0.05, 0.1) is 17.6 Å². The van der Waals surface area contributed by atoms with Crippen LogP contribution in [0.25, 0.3) is 0 Å². The fraction of sp³-hybridized carbons (Fsp3) is 0.688. The third-order valence-electron chi connectivity index (χ3n) is 3.66. The van der Waals surface area contributed by atoms with Gasteiger partial charge in [0.1, 0.15) is 0 Å². The Morgan fingerprint density at radius 3 is 2.40 bits per heavy atom. The molecule has 1 aromatic heterocycles. The lowest BCUT2D eigenvalue weighted by Crippen LogP contribution is -2.27. The first-order valence-electron chi connectivity index (χ1n) is 7.65. The number of hydrogen-bond donors (Lipinski definition) is 1. The molecule has 0 saturated carbocycles. The Bertz CT molecular complexity index is 357. The fourth-order valence-electron chi connectivity index (χ4n) is 2.40. The van der Waals surface area contributed by atoms with Gasteiger partial charge in [-0.2, -0.15) is 0 Å². The van der Waals surface area contributed by atoms with Gasteiger partial charge in [0.15, 0.2) is 0 Å². The van der Waals surface area contributed by atoms with E-state index in [4.69, 9.17) is 0 Å². The Balaban J connectivity index is 2.64. The summed E-state index contributed by atoms with van der Waals surface area (Å²) in [5, 5.41) is 3.30. The van der Waals surface area contributed by atoms with Crippen molar-refractivity contribution in [2.45, 2.75) is 32.7 Å². The number of nitrogens with zero attached hydrogens (tertiary/aromatic N) is 3. The molecule has 0 radical (unpaired) electrons. The number of aromatic nitrogens is 1. The predicted molar refractivity (Wildman–Crippen MR) is 87.4 cm³/mol. The molecular formula is C16H30N4. The molecule has 114 valence electrons. The molecule has 4 heteroatoms. The van der Waals surface area contributed by atoms with Crippen molar-refractivity contribution < 1.29 is 0 Å². The summed E-state index contributed by atoms with van der Waals surface area (Å²) in [6.07, 6.45) is 4.24. The van der Waals surface area contributed by atoms with Gasteiger partial charge in [-0.1, -0.05) is 6.92 Å². The van der Waals surface area contributed by atoms with Gasteiger partial charge in [-0.3, -0.25) is 4.98 Å². The molecule has 0 aliphatic rings. The molecule has 0 saturated heterocycles. The summed E-state index contributed by atoms with van der Waals surface area (Å²) in [7, 11) is 6.23. The van der Waals surface area contributed by atoms with Crippen LogP contribution < -0.4 is 10.2 Å². The van der Waals surface area contributed by atoms with E-state index in [0.717, 1.165) is 31.7 Å². The Hall–Kier alpha value is -1.13. The smallest absolute Gasteiger partial charge is 0.0574 e. The first-order chi connectivity index (χ1) is 9.62. The fourth-order valence-corrected chi connectivity index (χ4v) is 2.40. The van der Waals surface area contributed by atoms with Crippen LogP contribution in [0.3, 0.4) is 0 Å². The Morgan fingerprint density at radius 1 is 1.20 bits per heavy atom. The molecule has 0 aromatic carbocycles. The molecule has 1 rings (SSSR count). The zero-order chi connectivity index (χ0) is 15.0. The van der Waals surface area contributed by atoms with E-state index < -0.39 is 0 Å². The third-order valence-corrected chi connectivity index (χ3v) is 3.66. The van der Waals surface area contributed by atoms with Crippen LogP contribution in [0.2, 0.25) is 0 Å². The molecule has 1 aromatic rings. The van der Waals surface area contributed by atoms with E-state index in [1.807, 2.05) is 13.2 Å². The normalized spacial score (nSPS) is 12.7. The van der Waals surface area contributed by atoms with Gasteiger partial charge in [-0.05, 0) is 59.6 Å². The largest absolute Gasteiger partial charge is 0.371 e. The van der Waals surface area contributed by atoms with Gasteiger partial charge >= 0.3 is 0 Å². The van der Waals surface area contributed by atoms with Crippen molar-refractivity contribution in [2.24, 2.45) is 0 Å². The minimum Gasteiger partial charge on any atom is -0.371 e. The lowest BCUT2D eigenvalue weighted by Gasteiger charge is -2.24. The molecule has 1 heterocycles. The maximum Gasteiger partial charge on any atom is 0.0574 e. The van der Waals surface area contributed by atoms with Crippen LogP contribution in [-0.4, -0.2) is 50.7 Å². The van der Waals surface area contributed by atoms with Crippen molar-refractivity contribution >= 4 is 5.69 Å². The number of rotatable bonds is 9. The molecule has 0 spiro atoms. The molecule has 1 atom stereocenters. The minimum absolute atomic E-state index is 0.355. The molecule has 1 unspecified atom stereocenters. The van der Waals surface area contributed by atoms with Gasteiger partial charge in [0.25, 0.3) is 0 Å². The SMILES string of the molecule is CCC(NC)c1ccc(N(CC)CCCN(C)C)cn1. The van der Waals surface area contributed by atoms with E-state index in [9.17, 15) is 0 Å². The molecular weight excluding hydrogens is 248 g/mol. The number of anilines is 1. The average molecular weight is 278 g/mol. The van der Waals surface area contributed by atoms with Crippen molar-refractivity contribution in [3.05, 3.63) is 24.0 Å². The first-order valence-corrected chi connectivity index (χ1v) is 7.65. The quantitative estimate of drug-likeness (QED) is 0.752. The van der Waals surface area contributed by atoms with Gasteiger partial charge < -0.3 is 15.1 Å². The van der Waals surface area contributed by atoms with E-state index in [2.05, 4.69) is 60.2 Å². The summed E-state index contributed by atoms with van der Waals surface area (Å²) in [6, 6.07) is 4.70. The predicted octanol–water partition coefficient (Wildman–Crippen LogP) is 2.53. The van der Waals surface area contributed by atoms with Crippen molar-refractivity contribution in [1.82, 2.24) is 15.2 Å². The van der Waals surface area contributed by atoms with Crippen molar-refractivity contribution in [2.75, 3.05) is 45.7 Å². The van der Waals surface area contributed by atoms with E-state index in [1.54, 1.807) is 0 Å². The Labute approximate surface area is 124 Å². The monoisotopic (exact) mass is 278 g/mol. The second kappa shape index (κ2) is 8.93. The first kappa shape index (κ1) is 16.9. The zero-order valence-corrected chi connectivity index (χ0v) is 13.7.